The molecule has 0 spiro atoms. The fraction of sp³-hybridized carbons (Fsp3) is 0.150. The van der Waals surface area contributed by atoms with Gasteiger partial charge in [-0.3, -0.25) is 4.79 Å². The summed E-state index contributed by atoms with van der Waals surface area (Å²) in [7, 11) is 1.73. The van der Waals surface area contributed by atoms with E-state index in [0.29, 0.717) is 22.3 Å². The van der Waals surface area contributed by atoms with Crippen LogP contribution in [0.3, 0.4) is 0 Å². The summed E-state index contributed by atoms with van der Waals surface area (Å²) < 4.78 is 46.1. The lowest BCUT2D eigenvalue weighted by Crippen LogP contribution is -2.16. The average molecular weight is 467 g/mol. The van der Waals surface area contributed by atoms with Crippen molar-refractivity contribution in [2.24, 2.45) is 7.05 Å². The van der Waals surface area contributed by atoms with Crippen molar-refractivity contribution in [2.45, 2.75) is 11.3 Å². The number of alkyl halides is 3. The molecule has 160 valence electrons. The van der Waals surface area contributed by atoms with E-state index in [1.165, 1.54) is 0 Å². The second-order valence-electron chi connectivity index (χ2n) is 6.54. The lowest BCUT2D eigenvalue weighted by atomic mass is 10.2. The van der Waals surface area contributed by atoms with Gasteiger partial charge in [0.25, 0.3) is 0 Å². The van der Waals surface area contributed by atoms with Crippen LogP contribution < -0.4 is 5.32 Å². The molecule has 0 aliphatic carbocycles. The number of benzene rings is 2. The zero-order chi connectivity index (χ0) is 22.2. The highest BCUT2D eigenvalue weighted by Gasteiger charge is 2.31. The van der Waals surface area contributed by atoms with Crippen LogP contribution in [0.15, 0.2) is 58.1 Å². The molecule has 0 radical (unpaired) electrons. The number of halogens is 4. The highest BCUT2D eigenvalue weighted by molar-refractivity contribution is 7.99. The van der Waals surface area contributed by atoms with Gasteiger partial charge >= 0.3 is 6.18 Å². The van der Waals surface area contributed by atoms with E-state index in [2.05, 4.69) is 15.5 Å². The van der Waals surface area contributed by atoms with E-state index in [9.17, 15) is 18.0 Å². The largest absolute Gasteiger partial charge is 0.453 e. The van der Waals surface area contributed by atoms with Crippen molar-refractivity contribution in [2.75, 3.05) is 11.1 Å². The number of thioether (sulfide) groups is 1. The minimum atomic E-state index is -4.54. The third-order valence-electron chi connectivity index (χ3n) is 4.38. The molecule has 0 bridgehead atoms. The van der Waals surface area contributed by atoms with E-state index in [1.807, 2.05) is 30.3 Å². The molecule has 11 heteroatoms. The van der Waals surface area contributed by atoms with Crippen LogP contribution in [0.25, 0.3) is 22.6 Å². The molecule has 31 heavy (non-hydrogen) atoms. The molecule has 0 fully saturated rings. The van der Waals surface area contributed by atoms with E-state index in [-0.39, 0.29) is 16.5 Å². The monoisotopic (exact) mass is 466 g/mol. The molecule has 0 saturated heterocycles. The lowest BCUT2D eigenvalue weighted by Gasteiger charge is -2.11. The van der Waals surface area contributed by atoms with E-state index < -0.39 is 17.6 Å². The summed E-state index contributed by atoms with van der Waals surface area (Å²) in [6, 6.07) is 12.1. The first-order valence-electron chi connectivity index (χ1n) is 8.90. The zero-order valence-corrected chi connectivity index (χ0v) is 17.5. The van der Waals surface area contributed by atoms with Crippen LogP contribution in [0.5, 0.6) is 0 Å². The Balaban J connectivity index is 1.45. The van der Waals surface area contributed by atoms with Gasteiger partial charge in [-0.25, -0.2) is 0 Å². The maximum atomic E-state index is 12.9. The number of furan rings is 1. The maximum absolute atomic E-state index is 12.9. The number of anilines is 1. The molecule has 6 nitrogen and oxygen atoms in total. The SMILES string of the molecule is Cn1c(SCC(=O)Nc2cc(C(F)(F)F)ccc2Cl)nnc1-c1cc2ccccc2o1. The van der Waals surface area contributed by atoms with Crippen molar-refractivity contribution in [3.63, 3.8) is 0 Å². The van der Waals surface area contributed by atoms with Gasteiger partial charge in [0.2, 0.25) is 5.91 Å². The van der Waals surface area contributed by atoms with Crippen molar-refractivity contribution < 1.29 is 22.4 Å². The first-order chi connectivity index (χ1) is 14.7. The molecule has 1 amide bonds. The number of hydrogen-bond donors (Lipinski definition) is 1. The number of nitrogens with zero attached hydrogens (tertiary/aromatic N) is 3. The smallest absolute Gasteiger partial charge is 0.416 e. The fourth-order valence-corrected chi connectivity index (χ4v) is 3.74. The number of fused-ring (bicyclic) bond motifs is 1. The molecule has 4 rings (SSSR count). The third-order valence-corrected chi connectivity index (χ3v) is 5.73. The predicted molar refractivity (Wildman–Crippen MR) is 112 cm³/mol. The van der Waals surface area contributed by atoms with Crippen LogP contribution in [-0.2, 0) is 18.0 Å². The number of aromatic nitrogens is 3. The van der Waals surface area contributed by atoms with Crippen molar-refractivity contribution in [3.05, 3.63) is 59.1 Å². The molecular formula is C20H14ClF3N4O2S. The number of nitrogens with one attached hydrogen (secondary N) is 1. The number of para-hydroxylation sites is 1. The molecule has 4 aromatic rings. The third kappa shape index (κ3) is 4.54. The van der Waals surface area contributed by atoms with Crippen LogP contribution in [0.1, 0.15) is 5.56 Å². The molecular weight excluding hydrogens is 453 g/mol. The highest BCUT2D eigenvalue weighted by Crippen LogP contribution is 2.34. The Morgan fingerprint density at radius 1 is 1.19 bits per heavy atom. The van der Waals surface area contributed by atoms with E-state index in [1.54, 1.807) is 11.6 Å². The van der Waals surface area contributed by atoms with Crippen molar-refractivity contribution >= 4 is 45.9 Å². The maximum Gasteiger partial charge on any atom is 0.416 e. The number of amides is 1. The van der Waals surface area contributed by atoms with Crippen molar-refractivity contribution in [1.82, 2.24) is 14.8 Å². The Labute approximate surface area is 183 Å². The van der Waals surface area contributed by atoms with Crippen molar-refractivity contribution in [1.29, 1.82) is 0 Å². The number of rotatable bonds is 5. The van der Waals surface area contributed by atoms with Crippen LogP contribution in [0, 0.1) is 0 Å². The highest BCUT2D eigenvalue weighted by atomic mass is 35.5. The standard InChI is InChI=1S/C20H14ClF3N4O2S/c1-28-18(16-8-11-4-2-3-5-15(11)30-16)26-27-19(28)31-10-17(29)25-14-9-12(20(22,23)24)6-7-13(14)21/h2-9H,10H2,1H3,(H,25,29). The summed E-state index contributed by atoms with van der Waals surface area (Å²) in [5, 5.41) is 12.0. The van der Waals surface area contributed by atoms with Crippen LogP contribution in [0.4, 0.5) is 18.9 Å². The summed E-state index contributed by atoms with van der Waals surface area (Å²) in [6.07, 6.45) is -4.54. The number of carbonyl (C=O) groups is 1. The first kappa shape index (κ1) is 21.3. The molecule has 0 saturated carbocycles. The predicted octanol–water partition coefficient (Wildman–Crippen LogP) is 5.63. The van der Waals surface area contributed by atoms with Gasteiger partial charge in [-0.2, -0.15) is 13.2 Å². The van der Waals surface area contributed by atoms with Crippen LogP contribution in [-0.4, -0.2) is 26.4 Å². The first-order valence-corrected chi connectivity index (χ1v) is 10.3. The average Bonchev–Trinajstić information content (AvgIpc) is 3.30. The second kappa shape index (κ2) is 8.27. The van der Waals surface area contributed by atoms with E-state index in [4.69, 9.17) is 16.0 Å². The van der Waals surface area contributed by atoms with Gasteiger partial charge in [-0.15, -0.1) is 10.2 Å². The van der Waals surface area contributed by atoms with Gasteiger partial charge in [0.15, 0.2) is 16.7 Å². The molecule has 2 heterocycles. The summed E-state index contributed by atoms with van der Waals surface area (Å²) in [5.74, 6) is 0.390. The van der Waals surface area contributed by atoms with E-state index >= 15 is 0 Å². The molecule has 2 aromatic heterocycles. The number of carbonyl (C=O) groups excluding carboxylic acids is 1. The Morgan fingerprint density at radius 2 is 1.97 bits per heavy atom. The summed E-state index contributed by atoms with van der Waals surface area (Å²) >= 11 is 6.99. The van der Waals surface area contributed by atoms with Gasteiger partial charge in [-0.05, 0) is 30.3 Å². The molecule has 0 aliphatic rings. The van der Waals surface area contributed by atoms with Gasteiger partial charge in [-0.1, -0.05) is 41.6 Å². The lowest BCUT2D eigenvalue weighted by molar-refractivity contribution is -0.137. The number of hydrogen-bond acceptors (Lipinski definition) is 5. The van der Waals surface area contributed by atoms with Gasteiger partial charge in [0, 0.05) is 12.4 Å². The molecule has 0 atom stereocenters. The quantitative estimate of drug-likeness (QED) is 0.386. The molecule has 2 aromatic carbocycles. The van der Waals surface area contributed by atoms with Gasteiger partial charge < -0.3 is 14.3 Å². The summed E-state index contributed by atoms with van der Waals surface area (Å²) in [5.41, 5.74) is -0.293. The Morgan fingerprint density at radius 3 is 2.71 bits per heavy atom. The summed E-state index contributed by atoms with van der Waals surface area (Å²) in [4.78, 5) is 12.3. The Hall–Kier alpha value is -2.98. The fourth-order valence-electron chi connectivity index (χ4n) is 2.86. The van der Waals surface area contributed by atoms with Crippen molar-refractivity contribution in [3.8, 4) is 11.6 Å². The van der Waals surface area contributed by atoms with Crippen LogP contribution >= 0.6 is 23.4 Å². The normalized spacial score (nSPS) is 11.8. The molecule has 1 N–H and O–H groups in total. The molecule has 0 unspecified atom stereocenters. The summed E-state index contributed by atoms with van der Waals surface area (Å²) in [6.45, 7) is 0. The Kier molecular flexibility index (Phi) is 5.67. The topological polar surface area (TPSA) is 73.0 Å². The second-order valence-corrected chi connectivity index (χ2v) is 7.89. The van der Waals surface area contributed by atoms with Gasteiger partial charge in [0.05, 0.1) is 22.0 Å². The van der Waals surface area contributed by atoms with Gasteiger partial charge in [0.1, 0.15) is 5.58 Å². The minimum Gasteiger partial charge on any atom is -0.453 e. The van der Waals surface area contributed by atoms with Crippen LogP contribution in [0.2, 0.25) is 5.02 Å². The molecule has 0 aliphatic heterocycles. The Bertz CT molecular complexity index is 1240. The zero-order valence-electron chi connectivity index (χ0n) is 15.9. The van der Waals surface area contributed by atoms with E-state index in [0.717, 1.165) is 35.3 Å². The minimum absolute atomic E-state index is 0.0113.